The number of nitrogens with zero attached hydrogens (tertiary/aromatic N) is 2. The number of benzene rings is 1. The van der Waals surface area contributed by atoms with Crippen LogP contribution in [-0.2, 0) is 0 Å². The fourth-order valence-electron chi connectivity index (χ4n) is 1.85. The third-order valence-corrected chi connectivity index (χ3v) is 3.37. The number of likely N-dealkylation sites (N-methyl/N-ethyl adjacent to an activating group) is 1. The lowest BCUT2D eigenvalue weighted by Crippen LogP contribution is -2.41. The minimum absolute atomic E-state index is 0.0202. The quantitative estimate of drug-likeness (QED) is 0.893. The first kappa shape index (κ1) is 17.3. The maximum Gasteiger partial charge on any atom is 0.416 e. The van der Waals surface area contributed by atoms with E-state index in [1.165, 1.54) is 13.1 Å². The molecule has 9 heteroatoms. The molecule has 2 N–H and O–H groups in total. The van der Waals surface area contributed by atoms with Crippen molar-refractivity contribution in [2.45, 2.75) is 12.3 Å². The fourth-order valence-corrected chi connectivity index (χ4v) is 1.98. The second-order valence-electron chi connectivity index (χ2n) is 4.92. The minimum atomic E-state index is -4.78. The fraction of sp³-hybridized carbons (Fsp3) is 0.286. The SMILES string of the molecule is CN(CC(O)C(F)(F)F)C(=O)c1cc(-c2ccc(Cl)cc2)n[nH]1. The van der Waals surface area contributed by atoms with Gasteiger partial charge in [-0.25, -0.2) is 0 Å². The van der Waals surface area contributed by atoms with Gasteiger partial charge >= 0.3 is 6.18 Å². The molecule has 0 bridgehead atoms. The van der Waals surface area contributed by atoms with Gasteiger partial charge in [0, 0.05) is 17.6 Å². The van der Waals surface area contributed by atoms with Crippen molar-refractivity contribution >= 4 is 17.5 Å². The van der Waals surface area contributed by atoms with Crippen LogP contribution >= 0.6 is 11.6 Å². The highest BCUT2D eigenvalue weighted by atomic mass is 35.5. The van der Waals surface area contributed by atoms with Crippen LogP contribution in [0.25, 0.3) is 11.3 Å². The summed E-state index contributed by atoms with van der Waals surface area (Å²) < 4.78 is 36.9. The number of amides is 1. The van der Waals surface area contributed by atoms with Crippen LogP contribution in [0.5, 0.6) is 0 Å². The molecule has 0 aliphatic heterocycles. The molecule has 124 valence electrons. The Morgan fingerprint density at radius 2 is 2.00 bits per heavy atom. The van der Waals surface area contributed by atoms with Crippen LogP contribution in [-0.4, -0.2) is 52.0 Å². The van der Waals surface area contributed by atoms with Gasteiger partial charge in [-0.1, -0.05) is 23.7 Å². The van der Waals surface area contributed by atoms with E-state index >= 15 is 0 Å². The Kier molecular flexibility index (Phi) is 4.96. The van der Waals surface area contributed by atoms with Gasteiger partial charge in [-0.05, 0) is 18.2 Å². The van der Waals surface area contributed by atoms with Crippen molar-refractivity contribution in [3.05, 3.63) is 41.0 Å². The van der Waals surface area contributed by atoms with Crippen LogP contribution in [0, 0.1) is 0 Å². The molecule has 23 heavy (non-hydrogen) atoms. The number of hydrogen-bond acceptors (Lipinski definition) is 3. The van der Waals surface area contributed by atoms with Gasteiger partial charge in [-0.15, -0.1) is 0 Å². The number of nitrogens with one attached hydrogen (secondary N) is 1. The molecule has 1 amide bonds. The van der Waals surface area contributed by atoms with E-state index in [-0.39, 0.29) is 5.69 Å². The maximum atomic E-state index is 12.3. The molecule has 0 spiro atoms. The van der Waals surface area contributed by atoms with Crippen molar-refractivity contribution in [2.75, 3.05) is 13.6 Å². The number of carbonyl (C=O) groups excluding carboxylic acids is 1. The Balaban J connectivity index is 2.10. The molecule has 1 aromatic heterocycles. The average molecular weight is 348 g/mol. The summed E-state index contributed by atoms with van der Waals surface area (Å²) in [6.07, 6.45) is -7.38. The molecule has 0 radical (unpaired) electrons. The predicted molar refractivity (Wildman–Crippen MR) is 78.1 cm³/mol. The van der Waals surface area contributed by atoms with Gasteiger partial charge in [0.2, 0.25) is 0 Å². The van der Waals surface area contributed by atoms with Crippen LogP contribution in [0.15, 0.2) is 30.3 Å². The van der Waals surface area contributed by atoms with Gasteiger partial charge in [0.15, 0.2) is 6.10 Å². The zero-order valence-corrected chi connectivity index (χ0v) is 12.7. The standard InChI is InChI=1S/C14H13ClF3N3O2/c1-21(7-12(22)14(16,17)18)13(23)11-6-10(19-20-11)8-2-4-9(15)5-3-8/h2-6,12,22H,7H2,1H3,(H,19,20). The number of H-pyrrole nitrogens is 1. The summed E-state index contributed by atoms with van der Waals surface area (Å²) in [6, 6.07) is 8.12. The first-order valence-corrected chi connectivity index (χ1v) is 6.88. The topological polar surface area (TPSA) is 69.2 Å². The monoisotopic (exact) mass is 347 g/mol. The summed E-state index contributed by atoms with van der Waals surface area (Å²) >= 11 is 5.78. The highest BCUT2D eigenvalue weighted by molar-refractivity contribution is 6.30. The van der Waals surface area contributed by atoms with E-state index in [2.05, 4.69) is 10.2 Å². The van der Waals surface area contributed by atoms with Crippen LogP contribution in [0.1, 0.15) is 10.5 Å². The van der Waals surface area contributed by atoms with E-state index in [9.17, 15) is 18.0 Å². The van der Waals surface area contributed by atoms with Gasteiger partial charge in [-0.3, -0.25) is 9.89 Å². The van der Waals surface area contributed by atoms with Gasteiger partial charge in [-0.2, -0.15) is 18.3 Å². The molecule has 0 saturated heterocycles. The summed E-state index contributed by atoms with van der Waals surface area (Å²) in [7, 11) is 1.17. The molecule has 0 saturated carbocycles. The van der Waals surface area contributed by atoms with E-state index in [1.807, 2.05) is 0 Å². The molecule has 1 atom stereocenters. The third-order valence-electron chi connectivity index (χ3n) is 3.12. The van der Waals surface area contributed by atoms with Crippen LogP contribution < -0.4 is 0 Å². The number of aliphatic hydroxyl groups is 1. The summed E-state index contributed by atoms with van der Waals surface area (Å²) in [5, 5.41) is 16.0. The lowest BCUT2D eigenvalue weighted by atomic mass is 10.1. The molecule has 1 unspecified atom stereocenters. The van der Waals surface area contributed by atoms with Gasteiger partial charge < -0.3 is 10.0 Å². The number of halogens is 4. The second kappa shape index (κ2) is 6.59. The van der Waals surface area contributed by atoms with Crippen LogP contribution in [0.2, 0.25) is 5.02 Å². The van der Waals surface area contributed by atoms with Gasteiger partial charge in [0.25, 0.3) is 5.91 Å². The number of alkyl halides is 3. The lowest BCUT2D eigenvalue weighted by molar-refractivity contribution is -0.205. The largest absolute Gasteiger partial charge is 0.416 e. The predicted octanol–water partition coefficient (Wildman–Crippen LogP) is 2.73. The Hall–Kier alpha value is -2.06. The summed E-state index contributed by atoms with van der Waals surface area (Å²) in [5.74, 6) is -0.707. The normalized spacial score (nSPS) is 13.0. The van der Waals surface area contributed by atoms with E-state index in [4.69, 9.17) is 16.7 Å². The number of aromatic amines is 1. The van der Waals surface area contributed by atoms with E-state index in [1.54, 1.807) is 24.3 Å². The Morgan fingerprint density at radius 3 is 2.57 bits per heavy atom. The molecule has 0 aliphatic carbocycles. The molecular formula is C14H13ClF3N3O2. The number of aliphatic hydroxyl groups excluding tert-OH is 1. The zero-order valence-electron chi connectivity index (χ0n) is 11.9. The van der Waals surface area contributed by atoms with Crippen molar-refractivity contribution in [1.82, 2.24) is 15.1 Å². The first-order valence-electron chi connectivity index (χ1n) is 6.50. The minimum Gasteiger partial charge on any atom is -0.382 e. The zero-order chi connectivity index (χ0) is 17.2. The second-order valence-corrected chi connectivity index (χ2v) is 5.35. The Morgan fingerprint density at radius 1 is 1.39 bits per heavy atom. The van der Waals surface area contributed by atoms with E-state index in [0.717, 1.165) is 4.90 Å². The van der Waals surface area contributed by atoms with Crippen LogP contribution in [0.3, 0.4) is 0 Å². The molecule has 1 heterocycles. The number of hydrogen-bond donors (Lipinski definition) is 2. The van der Waals surface area contributed by atoms with Gasteiger partial charge in [0.05, 0.1) is 12.2 Å². The number of rotatable bonds is 4. The van der Waals surface area contributed by atoms with Crippen molar-refractivity contribution in [3.8, 4) is 11.3 Å². The molecule has 2 rings (SSSR count). The third kappa shape index (κ3) is 4.23. The summed E-state index contributed by atoms with van der Waals surface area (Å²) in [6.45, 7) is -0.863. The van der Waals surface area contributed by atoms with E-state index < -0.39 is 24.7 Å². The van der Waals surface area contributed by atoms with Crippen molar-refractivity contribution in [3.63, 3.8) is 0 Å². The van der Waals surface area contributed by atoms with Crippen molar-refractivity contribution < 1.29 is 23.1 Å². The maximum absolute atomic E-state index is 12.3. The van der Waals surface area contributed by atoms with Crippen molar-refractivity contribution in [1.29, 1.82) is 0 Å². The molecule has 2 aromatic rings. The van der Waals surface area contributed by atoms with Crippen LogP contribution in [0.4, 0.5) is 13.2 Å². The molecule has 1 aromatic carbocycles. The molecule has 5 nitrogen and oxygen atoms in total. The van der Waals surface area contributed by atoms with Crippen molar-refractivity contribution in [2.24, 2.45) is 0 Å². The van der Waals surface area contributed by atoms with Gasteiger partial charge in [0.1, 0.15) is 5.69 Å². The Bertz CT molecular complexity index is 685. The van der Waals surface area contributed by atoms with E-state index in [0.29, 0.717) is 16.3 Å². The highest BCUT2D eigenvalue weighted by Gasteiger charge is 2.39. The molecular weight excluding hydrogens is 335 g/mol. The summed E-state index contributed by atoms with van der Waals surface area (Å²) in [4.78, 5) is 12.8. The summed E-state index contributed by atoms with van der Waals surface area (Å²) in [5.41, 5.74) is 1.17. The molecule has 0 fully saturated rings. The number of carbonyl (C=O) groups is 1. The average Bonchev–Trinajstić information content (AvgIpc) is 2.95. The lowest BCUT2D eigenvalue weighted by Gasteiger charge is -2.21. The first-order chi connectivity index (χ1) is 10.7. The number of aromatic nitrogens is 2. The highest BCUT2D eigenvalue weighted by Crippen LogP contribution is 2.22. The smallest absolute Gasteiger partial charge is 0.382 e. The Labute approximate surface area is 134 Å². The molecule has 0 aliphatic rings.